The first-order valence-corrected chi connectivity index (χ1v) is 5.47. The van der Waals surface area contributed by atoms with Crippen molar-refractivity contribution in [2.24, 2.45) is 0 Å². The van der Waals surface area contributed by atoms with Gasteiger partial charge in [0.25, 0.3) is 0 Å². The lowest BCUT2D eigenvalue weighted by atomic mass is 9.89. The van der Waals surface area contributed by atoms with Crippen LogP contribution < -0.4 is 5.32 Å². The molecule has 1 aromatic carbocycles. The Labute approximate surface area is 92.7 Å². The van der Waals surface area contributed by atoms with Gasteiger partial charge in [-0.25, -0.2) is 13.2 Å². The van der Waals surface area contributed by atoms with Crippen molar-refractivity contribution in [1.29, 1.82) is 0 Å². The molecule has 0 bridgehead atoms. The van der Waals surface area contributed by atoms with Gasteiger partial charge in [0.1, 0.15) is 6.67 Å². The average Bonchev–Trinajstić information content (AvgIpc) is 2.33. The lowest BCUT2D eigenvalue weighted by molar-refractivity contribution is 0.424. The number of rotatable bonds is 2. The molecule has 0 atom stereocenters. The second-order valence-electron chi connectivity index (χ2n) is 4.14. The Bertz CT molecular complexity index is 373. The average molecular weight is 229 g/mol. The minimum atomic E-state index is -0.941. The van der Waals surface area contributed by atoms with Gasteiger partial charge in [0, 0.05) is 0 Å². The molecule has 1 N–H and O–H groups in total. The second-order valence-corrected chi connectivity index (χ2v) is 4.14. The molecule has 16 heavy (non-hydrogen) atoms. The van der Waals surface area contributed by atoms with Crippen LogP contribution in [-0.2, 0) is 6.67 Å². The normalized spacial score (nSPS) is 17.7. The monoisotopic (exact) mass is 229 g/mol. The second kappa shape index (κ2) is 4.87. The first-order chi connectivity index (χ1) is 7.72. The third kappa shape index (κ3) is 2.21. The molecule has 1 aromatic rings. The fraction of sp³-hybridized carbons (Fsp3) is 0.500. The zero-order valence-corrected chi connectivity index (χ0v) is 8.90. The van der Waals surface area contributed by atoms with Crippen LogP contribution in [0.2, 0.25) is 0 Å². The summed E-state index contributed by atoms with van der Waals surface area (Å²) in [4.78, 5) is 0. The molecule has 1 nitrogen and oxygen atoms in total. The van der Waals surface area contributed by atoms with Crippen molar-refractivity contribution in [3.05, 3.63) is 34.9 Å². The summed E-state index contributed by atoms with van der Waals surface area (Å²) in [6.45, 7) is 0.840. The molecule has 1 aliphatic rings. The summed E-state index contributed by atoms with van der Waals surface area (Å²) in [5, 5.41) is 3.16. The van der Waals surface area contributed by atoms with Gasteiger partial charge in [-0.05, 0) is 55.1 Å². The quantitative estimate of drug-likeness (QED) is 0.822. The van der Waals surface area contributed by atoms with Gasteiger partial charge < -0.3 is 5.32 Å². The Balaban J connectivity index is 2.33. The third-order valence-electron chi connectivity index (χ3n) is 3.05. The Kier molecular flexibility index (Phi) is 3.49. The summed E-state index contributed by atoms with van der Waals surface area (Å²) in [7, 11) is 0. The van der Waals surface area contributed by atoms with Crippen LogP contribution >= 0.6 is 0 Å². The van der Waals surface area contributed by atoms with Gasteiger partial charge >= 0.3 is 0 Å². The summed E-state index contributed by atoms with van der Waals surface area (Å²) < 4.78 is 39.3. The lowest BCUT2D eigenvalue weighted by Gasteiger charge is -2.23. The van der Waals surface area contributed by atoms with E-state index < -0.39 is 18.3 Å². The fourth-order valence-electron chi connectivity index (χ4n) is 2.18. The highest BCUT2D eigenvalue weighted by Gasteiger charge is 2.21. The highest BCUT2D eigenvalue weighted by Crippen LogP contribution is 2.29. The van der Waals surface area contributed by atoms with Crippen LogP contribution in [0.15, 0.2) is 12.1 Å². The van der Waals surface area contributed by atoms with E-state index in [0.717, 1.165) is 32.0 Å². The molecule has 2 rings (SSSR count). The van der Waals surface area contributed by atoms with Gasteiger partial charge in [-0.15, -0.1) is 0 Å². The molecule has 1 saturated heterocycles. The van der Waals surface area contributed by atoms with E-state index in [-0.39, 0.29) is 11.5 Å². The van der Waals surface area contributed by atoms with E-state index in [9.17, 15) is 13.2 Å². The highest BCUT2D eigenvalue weighted by molar-refractivity contribution is 5.29. The first-order valence-electron chi connectivity index (χ1n) is 5.47. The predicted octanol–water partition coefficient (Wildman–Crippen LogP) is 2.90. The van der Waals surface area contributed by atoms with Crippen LogP contribution in [0.3, 0.4) is 0 Å². The molecule has 1 fully saturated rings. The zero-order valence-electron chi connectivity index (χ0n) is 8.90. The van der Waals surface area contributed by atoms with Crippen molar-refractivity contribution < 1.29 is 13.2 Å². The van der Waals surface area contributed by atoms with Crippen LogP contribution in [0, 0.1) is 11.6 Å². The predicted molar refractivity (Wildman–Crippen MR) is 56.0 cm³/mol. The molecule has 0 saturated carbocycles. The highest BCUT2D eigenvalue weighted by atomic mass is 19.2. The third-order valence-corrected chi connectivity index (χ3v) is 3.05. The molecule has 0 unspecified atom stereocenters. The number of halogens is 3. The van der Waals surface area contributed by atoms with Crippen LogP contribution in [0.1, 0.15) is 29.9 Å². The van der Waals surface area contributed by atoms with Gasteiger partial charge in [0.05, 0.1) is 0 Å². The maximum atomic E-state index is 13.6. The maximum Gasteiger partial charge on any atom is 0.162 e. The number of nitrogens with one attached hydrogen (secondary N) is 1. The van der Waals surface area contributed by atoms with Crippen LogP contribution in [0.5, 0.6) is 0 Å². The molecule has 1 aliphatic heterocycles. The molecule has 0 aliphatic carbocycles. The van der Waals surface area contributed by atoms with E-state index in [1.807, 2.05) is 0 Å². The summed E-state index contributed by atoms with van der Waals surface area (Å²) in [6.07, 6.45) is 1.54. The topological polar surface area (TPSA) is 12.0 Å². The van der Waals surface area contributed by atoms with E-state index >= 15 is 0 Å². The molecule has 4 heteroatoms. The Morgan fingerprint density at radius 2 is 1.88 bits per heavy atom. The van der Waals surface area contributed by atoms with Crippen molar-refractivity contribution in [3.63, 3.8) is 0 Å². The summed E-state index contributed by atoms with van der Waals surface area (Å²) >= 11 is 0. The van der Waals surface area contributed by atoms with Gasteiger partial charge in [-0.1, -0.05) is 0 Å². The van der Waals surface area contributed by atoms with Crippen molar-refractivity contribution in [2.75, 3.05) is 13.1 Å². The number of alkyl halides is 1. The molecule has 0 aromatic heterocycles. The molecule has 0 spiro atoms. The number of benzene rings is 1. The van der Waals surface area contributed by atoms with Crippen LogP contribution in [-0.4, -0.2) is 13.1 Å². The van der Waals surface area contributed by atoms with Gasteiger partial charge in [0.15, 0.2) is 11.6 Å². The summed E-state index contributed by atoms with van der Waals surface area (Å²) in [5.74, 6) is -1.75. The smallest absolute Gasteiger partial charge is 0.162 e. The number of hydrogen-bond acceptors (Lipinski definition) is 1. The van der Waals surface area contributed by atoms with Crippen LogP contribution in [0.4, 0.5) is 13.2 Å². The van der Waals surface area contributed by atoms with Gasteiger partial charge in [0.2, 0.25) is 0 Å². The Hall–Kier alpha value is -1.03. The maximum absolute atomic E-state index is 13.6. The van der Waals surface area contributed by atoms with Crippen molar-refractivity contribution in [1.82, 2.24) is 5.32 Å². The largest absolute Gasteiger partial charge is 0.317 e. The molecular weight excluding hydrogens is 215 g/mol. The molecule has 0 radical (unpaired) electrons. The minimum Gasteiger partial charge on any atom is -0.317 e. The van der Waals surface area contributed by atoms with E-state index in [4.69, 9.17) is 0 Å². The standard InChI is InChI=1S/C12H14F3N/c13-7-8-5-10(12(15)11(14)6-8)9-1-3-16-4-2-9/h5-6,9,16H,1-4,7H2. The van der Waals surface area contributed by atoms with E-state index in [2.05, 4.69) is 5.32 Å². The number of hydrogen-bond donors (Lipinski definition) is 1. The first kappa shape index (κ1) is 11.5. The summed E-state index contributed by atoms with van der Waals surface area (Å²) in [5.41, 5.74) is 0.543. The van der Waals surface area contributed by atoms with Crippen molar-refractivity contribution >= 4 is 0 Å². The zero-order chi connectivity index (χ0) is 11.5. The molecule has 1 heterocycles. The van der Waals surface area contributed by atoms with E-state index in [1.165, 1.54) is 6.07 Å². The molecule has 88 valence electrons. The van der Waals surface area contributed by atoms with Crippen LogP contribution in [0.25, 0.3) is 0 Å². The summed E-state index contributed by atoms with van der Waals surface area (Å²) in [6, 6.07) is 2.38. The fourth-order valence-corrected chi connectivity index (χ4v) is 2.18. The number of piperidine rings is 1. The Morgan fingerprint density at radius 1 is 1.19 bits per heavy atom. The van der Waals surface area contributed by atoms with E-state index in [0.29, 0.717) is 5.56 Å². The van der Waals surface area contributed by atoms with Crippen molar-refractivity contribution in [3.8, 4) is 0 Å². The Morgan fingerprint density at radius 3 is 2.50 bits per heavy atom. The molecular formula is C12H14F3N. The van der Waals surface area contributed by atoms with E-state index in [1.54, 1.807) is 0 Å². The minimum absolute atomic E-state index is 0.00208. The molecule has 0 amide bonds. The van der Waals surface area contributed by atoms with Gasteiger partial charge in [-0.3, -0.25) is 0 Å². The SMILES string of the molecule is FCc1cc(F)c(F)c(C2CCNCC2)c1. The van der Waals surface area contributed by atoms with Crippen molar-refractivity contribution in [2.45, 2.75) is 25.4 Å². The lowest BCUT2D eigenvalue weighted by Crippen LogP contribution is -2.27. The van der Waals surface area contributed by atoms with Gasteiger partial charge in [-0.2, -0.15) is 0 Å².